The Balaban J connectivity index is 1.79. The van der Waals surface area contributed by atoms with Crippen LogP contribution in [0.2, 0.25) is 0 Å². The van der Waals surface area contributed by atoms with Crippen LogP contribution in [-0.2, 0) is 0 Å². The summed E-state index contributed by atoms with van der Waals surface area (Å²) in [6.07, 6.45) is 5.88. The van der Waals surface area contributed by atoms with Crippen molar-refractivity contribution in [1.82, 2.24) is 5.01 Å². The SMILES string of the molecule is C(=N\N1CCCCC1)/c1ccc2ccccc2c1. The third kappa shape index (κ3) is 2.53. The van der Waals surface area contributed by atoms with E-state index in [2.05, 4.69) is 52.6 Å². The Kier molecular flexibility index (Phi) is 3.26. The lowest BCUT2D eigenvalue weighted by molar-refractivity contribution is 0.240. The van der Waals surface area contributed by atoms with E-state index in [1.165, 1.54) is 35.6 Å². The van der Waals surface area contributed by atoms with Gasteiger partial charge in [0.2, 0.25) is 0 Å². The van der Waals surface area contributed by atoms with Crippen LogP contribution in [0.3, 0.4) is 0 Å². The number of nitrogens with zero attached hydrogens (tertiary/aromatic N) is 2. The summed E-state index contributed by atoms with van der Waals surface area (Å²) in [6.45, 7) is 2.20. The van der Waals surface area contributed by atoms with Crippen LogP contribution in [0.15, 0.2) is 47.6 Å². The first kappa shape index (κ1) is 11.3. The summed E-state index contributed by atoms with van der Waals surface area (Å²) in [6, 6.07) is 14.9. The van der Waals surface area contributed by atoms with Crippen molar-refractivity contribution in [1.29, 1.82) is 0 Å². The van der Waals surface area contributed by atoms with Crippen LogP contribution >= 0.6 is 0 Å². The third-order valence-electron chi connectivity index (χ3n) is 3.48. The highest BCUT2D eigenvalue weighted by Gasteiger charge is 2.05. The molecule has 0 aliphatic carbocycles. The largest absolute Gasteiger partial charge is 0.297 e. The molecule has 2 heteroatoms. The third-order valence-corrected chi connectivity index (χ3v) is 3.48. The molecule has 1 fully saturated rings. The van der Waals surface area contributed by atoms with E-state index in [1.807, 2.05) is 6.21 Å². The van der Waals surface area contributed by atoms with Gasteiger partial charge in [-0.15, -0.1) is 0 Å². The molecule has 2 aromatic rings. The maximum Gasteiger partial charge on any atom is 0.0543 e. The average Bonchev–Trinajstić information content (AvgIpc) is 2.46. The zero-order chi connectivity index (χ0) is 12.2. The number of hydrazone groups is 1. The van der Waals surface area contributed by atoms with Crippen molar-refractivity contribution in [3.05, 3.63) is 48.0 Å². The van der Waals surface area contributed by atoms with Gasteiger partial charge in [0.1, 0.15) is 0 Å². The van der Waals surface area contributed by atoms with Crippen molar-refractivity contribution in [2.45, 2.75) is 19.3 Å². The molecule has 1 saturated heterocycles. The number of hydrogen-bond acceptors (Lipinski definition) is 2. The van der Waals surface area contributed by atoms with Gasteiger partial charge in [-0.05, 0) is 41.7 Å². The zero-order valence-electron chi connectivity index (χ0n) is 10.5. The van der Waals surface area contributed by atoms with Crippen molar-refractivity contribution >= 4 is 17.0 Å². The minimum Gasteiger partial charge on any atom is -0.297 e. The summed E-state index contributed by atoms with van der Waals surface area (Å²) < 4.78 is 0. The lowest BCUT2D eigenvalue weighted by Gasteiger charge is -2.23. The van der Waals surface area contributed by atoms with Gasteiger partial charge in [-0.2, -0.15) is 5.10 Å². The molecule has 0 saturated carbocycles. The van der Waals surface area contributed by atoms with Crippen molar-refractivity contribution in [3.8, 4) is 0 Å². The second-order valence-electron chi connectivity index (χ2n) is 4.87. The summed E-state index contributed by atoms with van der Waals surface area (Å²) in [5.74, 6) is 0. The van der Waals surface area contributed by atoms with E-state index in [0.29, 0.717) is 0 Å². The van der Waals surface area contributed by atoms with Crippen LogP contribution in [-0.4, -0.2) is 24.3 Å². The molecule has 0 bridgehead atoms. The topological polar surface area (TPSA) is 15.6 Å². The molecular formula is C16H18N2. The van der Waals surface area contributed by atoms with Crippen LogP contribution in [0, 0.1) is 0 Å². The van der Waals surface area contributed by atoms with Gasteiger partial charge in [-0.25, -0.2) is 0 Å². The molecule has 0 amide bonds. The Hall–Kier alpha value is -1.83. The van der Waals surface area contributed by atoms with E-state index in [4.69, 9.17) is 0 Å². The van der Waals surface area contributed by atoms with Gasteiger partial charge in [0.05, 0.1) is 6.21 Å². The molecule has 0 radical (unpaired) electrons. The van der Waals surface area contributed by atoms with Crippen molar-refractivity contribution in [3.63, 3.8) is 0 Å². The van der Waals surface area contributed by atoms with Crippen LogP contribution in [0.25, 0.3) is 10.8 Å². The molecule has 0 spiro atoms. The van der Waals surface area contributed by atoms with Crippen LogP contribution in [0.4, 0.5) is 0 Å². The summed E-state index contributed by atoms with van der Waals surface area (Å²) >= 11 is 0. The molecule has 0 aromatic heterocycles. The number of rotatable bonds is 2. The summed E-state index contributed by atoms with van der Waals surface area (Å²) in [5.41, 5.74) is 1.18. The molecule has 0 atom stereocenters. The summed E-state index contributed by atoms with van der Waals surface area (Å²) in [7, 11) is 0. The lowest BCUT2D eigenvalue weighted by Crippen LogP contribution is -2.24. The van der Waals surface area contributed by atoms with Gasteiger partial charge >= 0.3 is 0 Å². The fourth-order valence-electron chi connectivity index (χ4n) is 2.43. The standard InChI is InChI=1S/C16H18N2/c1-4-10-18(11-5-1)17-13-14-8-9-15-6-2-3-7-16(15)12-14/h2-3,6-9,12-13H,1,4-5,10-11H2/b17-13+. The van der Waals surface area contributed by atoms with E-state index in [1.54, 1.807) is 0 Å². The van der Waals surface area contributed by atoms with E-state index >= 15 is 0 Å². The Morgan fingerprint density at radius 3 is 2.50 bits per heavy atom. The first-order valence-electron chi connectivity index (χ1n) is 6.69. The molecule has 0 unspecified atom stereocenters. The number of fused-ring (bicyclic) bond motifs is 1. The molecule has 2 nitrogen and oxygen atoms in total. The minimum absolute atomic E-state index is 1.10. The molecule has 92 valence electrons. The first-order chi connectivity index (χ1) is 8.92. The second-order valence-corrected chi connectivity index (χ2v) is 4.87. The Labute approximate surface area is 108 Å². The van der Waals surface area contributed by atoms with Crippen LogP contribution < -0.4 is 0 Å². The predicted molar refractivity (Wildman–Crippen MR) is 77.0 cm³/mol. The highest BCUT2D eigenvalue weighted by molar-refractivity contribution is 5.90. The van der Waals surface area contributed by atoms with E-state index < -0.39 is 0 Å². The molecule has 2 aromatic carbocycles. The Morgan fingerprint density at radius 2 is 1.67 bits per heavy atom. The summed E-state index contributed by atoms with van der Waals surface area (Å²) in [4.78, 5) is 0. The highest BCUT2D eigenvalue weighted by atomic mass is 15.4. The molecule has 0 N–H and O–H groups in total. The monoisotopic (exact) mass is 238 g/mol. The van der Waals surface area contributed by atoms with Gasteiger partial charge < -0.3 is 0 Å². The number of benzene rings is 2. The molecule has 1 aliphatic heterocycles. The maximum absolute atomic E-state index is 4.57. The zero-order valence-corrected chi connectivity index (χ0v) is 10.5. The van der Waals surface area contributed by atoms with Gasteiger partial charge in [0.15, 0.2) is 0 Å². The van der Waals surface area contributed by atoms with Gasteiger partial charge in [0, 0.05) is 13.1 Å². The lowest BCUT2D eigenvalue weighted by atomic mass is 10.1. The van der Waals surface area contributed by atoms with Gasteiger partial charge in [-0.1, -0.05) is 36.4 Å². The second kappa shape index (κ2) is 5.21. The molecular weight excluding hydrogens is 220 g/mol. The smallest absolute Gasteiger partial charge is 0.0543 e. The maximum atomic E-state index is 4.57. The summed E-state index contributed by atoms with van der Waals surface area (Å²) in [5, 5.41) is 9.31. The predicted octanol–water partition coefficient (Wildman–Crippen LogP) is 3.66. The fourth-order valence-corrected chi connectivity index (χ4v) is 2.43. The van der Waals surface area contributed by atoms with Gasteiger partial charge in [-0.3, -0.25) is 5.01 Å². The Bertz CT molecular complexity index is 554. The van der Waals surface area contributed by atoms with E-state index in [-0.39, 0.29) is 0 Å². The number of piperidine rings is 1. The van der Waals surface area contributed by atoms with Crippen LogP contribution in [0.5, 0.6) is 0 Å². The molecule has 1 aliphatic rings. The molecule has 3 rings (SSSR count). The molecule has 18 heavy (non-hydrogen) atoms. The van der Waals surface area contributed by atoms with Crippen molar-refractivity contribution in [2.75, 3.05) is 13.1 Å². The van der Waals surface area contributed by atoms with Crippen LogP contribution in [0.1, 0.15) is 24.8 Å². The van der Waals surface area contributed by atoms with E-state index in [0.717, 1.165) is 13.1 Å². The number of hydrogen-bond donors (Lipinski definition) is 0. The van der Waals surface area contributed by atoms with Crippen molar-refractivity contribution in [2.24, 2.45) is 5.10 Å². The first-order valence-corrected chi connectivity index (χ1v) is 6.69. The normalized spacial score (nSPS) is 16.6. The quantitative estimate of drug-likeness (QED) is 0.729. The molecule has 1 heterocycles. The minimum atomic E-state index is 1.10. The van der Waals surface area contributed by atoms with E-state index in [9.17, 15) is 0 Å². The van der Waals surface area contributed by atoms with Gasteiger partial charge in [0.25, 0.3) is 0 Å². The fraction of sp³-hybridized carbons (Fsp3) is 0.312. The highest BCUT2D eigenvalue weighted by Crippen LogP contribution is 2.15. The van der Waals surface area contributed by atoms with Crippen molar-refractivity contribution < 1.29 is 0 Å². The average molecular weight is 238 g/mol. The Morgan fingerprint density at radius 1 is 0.889 bits per heavy atom.